The molecule has 3 aromatic rings. The van der Waals surface area contributed by atoms with Crippen molar-refractivity contribution in [3.05, 3.63) is 77.6 Å². The van der Waals surface area contributed by atoms with Gasteiger partial charge in [-0.1, -0.05) is 30.3 Å². The number of amides is 1. The molecule has 4 heteroatoms. The van der Waals surface area contributed by atoms with Crippen LogP contribution in [0.3, 0.4) is 0 Å². The highest BCUT2D eigenvalue weighted by Gasteiger charge is 2.14. The Balaban J connectivity index is 1.37. The SMILES string of the molecule is O=C(CCc1cnn(-c2ccccc2)c1)Nc1cccc2c1CCCC2. The van der Waals surface area contributed by atoms with E-state index in [0.29, 0.717) is 12.8 Å². The van der Waals surface area contributed by atoms with Crippen LogP contribution >= 0.6 is 0 Å². The molecule has 1 aromatic heterocycles. The summed E-state index contributed by atoms with van der Waals surface area (Å²) < 4.78 is 1.85. The summed E-state index contributed by atoms with van der Waals surface area (Å²) in [6, 6.07) is 16.3. The molecule has 1 heterocycles. The van der Waals surface area contributed by atoms with Crippen molar-refractivity contribution in [3.63, 3.8) is 0 Å². The van der Waals surface area contributed by atoms with Crippen molar-refractivity contribution in [3.8, 4) is 5.69 Å². The molecular formula is C22H23N3O. The van der Waals surface area contributed by atoms with Gasteiger partial charge in [-0.3, -0.25) is 4.79 Å². The van der Waals surface area contributed by atoms with Crippen LogP contribution in [0.25, 0.3) is 5.69 Å². The molecule has 0 aliphatic heterocycles. The van der Waals surface area contributed by atoms with Crippen molar-refractivity contribution in [2.45, 2.75) is 38.5 Å². The summed E-state index contributed by atoms with van der Waals surface area (Å²) >= 11 is 0. The second kappa shape index (κ2) is 7.56. The molecule has 0 bridgehead atoms. The van der Waals surface area contributed by atoms with Crippen LogP contribution in [-0.2, 0) is 24.1 Å². The van der Waals surface area contributed by atoms with Gasteiger partial charge >= 0.3 is 0 Å². The fraction of sp³-hybridized carbons (Fsp3) is 0.273. The van der Waals surface area contributed by atoms with Gasteiger partial charge in [0.1, 0.15) is 0 Å². The first-order valence-electron chi connectivity index (χ1n) is 9.29. The van der Waals surface area contributed by atoms with Crippen molar-refractivity contribution in [1.29, 1.82) is 0 Å². The molecule has 4 rings (SSSR count). The average Bonchev–Trinajstić information content (AvgIpc) is 3.17. The van der Waals surface area contributed by atoms with Crippen molar-refractivity contribution in [2.24, 2.45) is 0 Å². The maximum Gasteiger partial charge on any atom is 0.224 e. The van der Waals surface area contributed by atoms with E-state index in [1.54, 1.807) is 0 Å². The third-order valence-corrected chi connectivity index (χ3v) is 4.97. The Morgan fingerprint density at radius 1 is 1.04 bits per heavy atom. The fourth-order valence-corrected chi connectivity index (χ4v) is 3.58. The molecular weight excluding hydrogens is 322 g/mol. The summed E-state index contributed by atoms with van der Waals surface area (Å²) in [5, 5.41) is 7.50. The number of nitrogens with one attached hydrogen (secondary N) is 1. The van der Waals surface area contributed by atoms with E-state index in [0.717, 1.165) is 29.8 Å². The monoisotopic (exact) mass is 345 g/mol. The maximum absolute atomic E-state index is 12.4. The second-order valence-electron chi connectivity index (χ2n) is 6.83. The van der Waals surface area contributed by atoms with Gasteiger partial charge < -0.3 is 5.32 Å². The molecule has 0 atom stereocenters. The van der Waals surface area contributed by atoms with E-state index in [-0.39, 0.29) is 5.91 Å². The summed E-state index contributed by atoms with van der Waals surface area (Å²) in [4.78, 5) is 12.4. The lowest BCUT2D eigenvalue weighted by Crippen LogP contribution is -2.15. The third kappa shape index (κ3) is 3.69. The van der Waals surface area contributed by atoms with Crippen LogP contribution in [-0.4, -0.2) is 15.7 Å². The third-order valence-electron chi connectivity index (χ3n) is 4.97. The van der Waals surface area contributed by atoms with Gasteiger partial charge in [0.15, 0.2) is 0 Å². The van der Waals surface area contributed by atoms with Gasteiger partial charge in [0.2, 0.25) is 5.91 Å². The topological polar surface area (TPSA) is 46.9 Å². The van der Waals surface area contributed by atoms with Crippen molar-refractivity contribution in [1.82, 2.24) is 9.78 Å². The lowest BCUT2D eigenvalue weighted by Gasteiger charge is -2.19. The number of aryl methyl sites for hydroxylation is 2. The number of fused-ring (bicyclic) bond motifs is 1. The Hall–Kier alpha value is -2.88. The van der Waals surface area contributed by atoms with Gasteiger partial charge in [-0.15, -0.1) is 0 Å². The van der Waals surface area contributed by atoms with Gasteiger partial charge in [0.05, 0.1) is 11.9 Å². The second-order valence-corrected chi connectivity index (χ2v) is 6.83. The average molecular weight is 345 g/mol. The van der Waals surface area contributed by atoms with Crippen molar-refractivity contribution >= 4 is 11.6 Å². The zero-order valence-electron chi connectivity index (χ0n) is 14.8. The minimum absolute atomic E-state index is 0.0661. The van der Waals surface area contributed by atoms with E-state index in [1.165, 1.54) is 24.0 Å². The molecule has 0 radical (unpaired) electrons. The van der Waals surface area contributed by atoms with Gasteiger partial charge in [-0.25, -0.2) is 4.68 Å². The van der Waals surface area contributed by atoms with Crippen LogP contribution in [0.5, 0.6) is 0 Å². The minimum Gasteiger partial charge on any atom is -0.326 e. The minimum atomic E-state index is 0.0661. The largest absolute Gasteiger partial charge is 0.326 e. The Morgan fingerprint density at radius 2 is 1.88 bits per heavy atom. The number of carbonyl (C=O) groups excluding carboxylic acids is 1. The molecule has 1 aliphatic carbocycles. The standard InChI is InChI=1S/C22H23N3O/c26-22(24-21-12-6-8-18-7-4-5-11-20(18)21)14-13-17-15-23-25(16-17)19-9-2-1-3-10-19/h1-3,6,8-10,12,15-16H,4-5,7,11,13-14H2,(H,24,26). The molecule has 132 valence electrons. The van der Waals surface area contributed by atoms with E-state index in [9.17, 15) is 4.79 Å². The maximum atomic E-state index is 12.4. The molecule has 1 N–H and O–H groups in total. The van der Waals surface area contributed by atoms with Crippen LogP contribution in [0.1, 0.15) is 36.0 Å². The lowest BCUT2D eigenvalue weighted by atomic mass is 9.90. The number of benzene rings is 2. The number of carbonyl (C=O) groups is 1. The Bertz CT molecular complexity index is 899. The number of aromatic nitrogens is 2. The van der Waals surface area contributed by atoms with Gasteiger partial charge in [0, 0.05) is 18.3 Å². The number of hydrogen-bond acceptors (Lipinski definition) is 2. The van der Waals surface area contributed by atoms with Crippen LogP contribution in [0, 0.1) is 0 Å². The van der Waals surface area contributed by atoms with E-state index in [2.05, 4.69) is 16.5 Å². The first kappa shape index (κ1) is 16.6. The predicted molar refractivity (Wildman–Crippen MR) is 104 cm³/mol. The lowest BCUT2D eigenvalue weighted by molar-refractivity contribution is -0.116. The van der Waals surface area contributed by atoms with Crippen LogP contribution in [0.15, 0.2) is 60.9 Å². The zero-order chi connectivity index (χ0) is 17.8. The number of rotatable bonds is 5. The summed E-state index contributed by atoms with van der Waals surface area (Å²) in [7, 11) is 0. The highest BCUT2D eigenvalue weighted by molar-refractivity contribution is 5.91. The molecule has 2 aromatic carbocycles. The van der Waals surface area contributed by atoms with Crippen LogP contribution in [0.2, 0.25) is 0 Å². The normalized spacial score (nSPS) is 13.2. The number of anilines is 1. The molecule has 1 amide bonds. The molecule has 0 saturated carbocycles. The number of hydrogen-bond donors (Lipinski definition) is 1. The smallest absolute Gasteiger partial charge is 0.224 e. The van der Waals surface area contributed by atoms with Gasteiger partial charge in [-0.05, 0) is 67.0 Å². The van der Waals surface area contributed by atoms with Gasteiger partial charge in [-0.2, -0.15) is 5.10 Å². The van der Waals surface area contributed by atoms with E-state index < -0.39 is 0 Å². The molecule has 0 unspecified atom stereocenters. The summed E-state index contributed by atoms with van der Waals surface area (Å²) in [5.41, 5.74) is 5.80. The van der Waals surface area contributed by atoms with Crippen molar-refractivity contribution in [2.75, 3.05) is 5.32 Å². The molecule has 1 aliphatic rings. The van der Waals surface area contributed by atoms with E-state index >= 15 is 0 Å². The molecule has 0 saturated heterocycles. The first-order valence-corrected chi connectivity index (χ1v) is 9.29. The fourth-order valence-electron chi connectivity index (χ4n) is 3.58. The highest BCUT2D eigenvalue weighted by atomic mass is 16.1. The Labute approximate surface area is 153 Å². The number of para-hydroxylation sites is 1. The zero-order valence-corrected chi connectivity index (χ0v) is 14.8. The van der Waals surface area contributed by atoms with Crippen LogP contribution in [0.4, 0.5) is 5.69 Å². The van der Waals surface area contributed by atoms with E-state index in [4.69, 9.17) is 0 Å². The Morgan fingerprint density at radius 3 is 2.77 bits per heavy atom. The first-order chi connectivity index (χ1) is 12.8. The highest BCUT2D eigenvalue weighted by Crippen LogP contribution is 2.28. The van der Waals surface area contributed by atoms with E-state index in [1.807, 2.05) is 59.5 Å². The quantitative estimate of drug-likeness (QED) is 0.748. The summed E-state index contributed by atoms with van der Waals surface area (Å²) in [6.07, 6.45) is 9.62. The van der Waals surface area contributed by atoms with Gasteiger partial charge in [0.25, 0.3) is 0 Å². The summed E-state index contributed by atoms with van der Waals surface area (Å²) in [6.45, 7) is 0. The van der Waals surface area contributed by atoms with Crippen molar-refractivity contribution < 1.29 is 4.79 Å². The van der Waals surface area contributed by atoms with Crippen LogP contribution < -0.4 is 5.32 Å². The predicted octanol–water partition coefficient (Wildman–Crippen LogP) is 4.32. The molecule has 0 spiro atoms. The molecule has 26 heavy (non-hydrogen) atoms. The molecule has 0 fully saturated rings. The molecule has 4 nitrogen and oxygen atoms in total. The number of nitrogens with zero attached hydrogens (tertiary/aromatic N) is 2. The Kier molecular flexibility index (Phi) is 4.82. The summed E-state index contributed by atoms with van der Waals surface area (Å²) in [5.74, 6) is 0.0661.